The van der Waals surface area contributed by atoms with Gasteiger partial charge in [-0.2, -0.15) is 5.10 Å². The molecule has 1 saturated heterocycles. The summed E-state index contributed by atoms with van der Waals surface area (Å²) >= 11 is 6.34. The second kappa shape index (κ2) is 13.2. The molecule has 1 atom stereocenters. The molecule has 2 aliphatic heterocycles. The minimum atomic E-state index is -0.556. The van der Waals surface area contributed by atoms with Crippen molar-refractivity contribution in [3.05, 3.63) is 110 Å². The molecule has 0 saturated carbocycles. The molecular formula is C30H29ClFN5O5. The first-order valence-electron chi connectivity index (χ1n) is 13.5. The highest BCUT2D eigenvalue weighted by Crippen LogP contribution is 2.33. The van der Waals surface area contributed by atoms with Crippen LogP contribution in [-0.4, -0.2) is 83.2 Å². The smallest absolute Gasteiger partial charge is 0.269 e. The number of hydrogen-bond acceptors (Lipinski definition) is 7. The van der Waals surface area contributed by atoms with Crippen molar-refractivity contribution in [3.63, 3.8) is 0 Å². The van der Waals surface area contributed by atoms with Gasteiger partial charge in [0.2, 0.25) is 0 Å². The van der Waals surface area contributed by atoms with Crippen molar-refractivity contribution in [2.24, 2.45) is 5.10 Å². The fraction of sp³-hybridized carbons (Fsp3) is 0.300. The summed E-state index contributed by atoms with van der Waals surface area (Å²) < 4.78 is 19.2. The summed E-state index contributed by atoms with van der Waals surface area (Å²) in [6, 6.07) is 17.9. The zero-order valence-electron chi connectivity index (χ0n) is 22.7. The van der Waals surface area contributed by atoms with Gasteiger partial charge in [0.25, 0.3) is 17.5 Å². The van der Waals surface area contributed by atoms with E-state index in [1.807, 2.05) is 0 Å². The van der Waals surface area contributed by atoms with E-state index < -0.39 is 22.7 Å². The Kier molecular flexibility index (Phi) is 9.21. The second-order valence-corrected chi connectivity index (χ2v) is 10.4. The van der Waals surface area contributed by atoms with Crippen LogP contribution >= 0.6 is 11.6 Å². The Bertz CT molecular complexity index is 1480. The first kappa shape index (κ1) is 29.3. The van der Waals surface area contributed by atoms with Crippen molar-refractivity contribution in [2.45, 2.75) is 12.5 Å². The first-order valence-corrected chi connectivity index (χ1v) is 13.9. The molecule has 2 amide bonds. The number of halogens is 2. The maximum Gasteiger partial charge on any atom is 0.269 e. The van der Waals surface area contributed by atoms with Gasteiger partial charge in [-0.25, -0.2) is 9.40 Å². The van der Waals surface area contributed by atoms with Gasteiger partial charge >= 0.3 is 0 Å². The normalized spacial score (nSPS) is 17.1. The lowest BCUT2D eigenvalue weighted by atomic mass is 9.98. The maximum atomic E-state index is 13.9. The summed E-state index contributed by atoms with van der Waals surface area (Å²) in [6.07, 6.45) is 0.307. The van der Waals surface area contributed by atoms with Gasteiger partial charge < -0.3 is 9.64 Å². The van der Waals surface area contributed by atoms with Crippen molar-refractivity contribution < 1.29 is 23.6 Å². The number of nitro benzene ring substituents is 1. The third kappa shape index (κ3) is 6.81. The maximum absolute atomic E-state index is 13.9. The highest BCUT2D eigenvalue weighted by molar-refractivity contribution is 6.33. The Morgan fingerprint density at radius 1 is 1.05 bits per heavy atom. The molecule has 10 nitrogen and oxygen atoms in total. The lowest BCUT2D eigenvalue weighted by Crippen LogP contribution is -2.46. The summed E-state index contributed by atoms with van der Waals surface area (Å²) in [5.74, 6) is -1.21. The van der Waals surface area contributed by atoms with Crippen molar-refractivity contribution >= 4 is 34.8 Å². The van der Waals surface area contributed by atoms with E-state index in [0.29, 0.717) is 48.6 Å². The zero-order chi connectivity index (χ0) is 29.6. The van der Waals surface area contributed by atoms with Crippen molar-refractivity contribution in [1.29, 1.82) is 0 Å². The Morgan fingerprint density at radius 2 is 1.74 bits per heavy atom. The molecule has 1 fully saturated rings. The molecule has 0 bridgehead atoms. The Morgan fingerprint density at radius 3 is 2.40 bits per heavy atom. The van der Waals surface area contributed by atoms with E-state index in [2.05, 4.69) is 10.0 Å². The Balaban J connectivity index is 1.42. The van der Waals surface area contributed by atoms with Gasteiger partial charge in [0.15, 0.2) is 0 Å². The molecule has 0 spiro atoms. The lowest BCUT2D eigenvalue weighted by molar-refractivity contribution is -0.384. The number of rotatable bonds is 9. The predicted octanol–water partition coefficient (Wildman–Crippen LogP) is 4.54. The number of carbonyl (C=O) groups is 2. The molecule has 3 aromatic carbocycles. The summed E-state index contributed by atoms with van der Waals surface area (Å²) in [5, 5.41) is 17.3. The van der Waals surface area contributed by atoms with Crippen molar-refractivity contribution in [2.75, 3.05) is 45.9 Å². The van der Waals surface area contributed by atoms with Crippen molar-refractivity contribution in [1.82, 2.24) is 14.8 Å². The Hall–Kier alpha value is -4.19. The fourth-order valence-corrected chi connectivity index (χ4v) is 5.23. The molecule has 0 aromatic heterocycles. The number of nitro groups is 1. The molecular weight excluding hydrogens is 565 g/mol. The molecule has 2 heterocycles. The number of nitrogens with zero attached hydrogens (tertiary/aromatic N) is 5. The van der Waals surface area contributed by atoms with Gasteiger partial charge in [0.1, 0.15) is 12.4 Å². The molecule has 5 rings (SSSR count). The molecule has 218 valence electrons. The number of amides is 2. The van der Waals surface area contributed by atoms with Crippen LogP contribution in [-0.2, 0) is 9.53 Å². The average molecular weight is 594 g/mol. The van der Waals surface area contributed by atoms with Crippen LogP contribution < -0.4 is 0 Å². The average Bonchev–Trinajstić information content (AvgIpc) is 3.46. The highest BCUT2D eigenvalue weighted by atomic mass is 35.5. The van der Waals surface area contributed by atoms with Crippen molar-refractivity contribution in [3.8, 4) is 0 Å². The van der Waals surface area contributed by atoms with E-state index in [9.17, 15) is 24.1 Å². The number of hydrazone groups is 1. The first-order chi connectivity index (χ1) is 20.3. The standard InChI is InChI=1S/C30H29ClFN5O5/c31-26-4-2-1-3-25(26)30(39)35(14-13-34-15-17-42-18-16-34)20-29(38)36-28(22-5-9-23(32)10-6-22)19-27(33-36)21-7-11-24(12-8-21)37(40)41/h1-12,28H,13-20H2/t28-/m1/s1. The minimum Gasteiger partial charge on any atom is -0.379 e. The van der Waals surface area contributed by atoms with Gasteiger partial charge in [-0.15, -0.1) is 0 Å². The predicted molar refractivity (Wildman–Crippen MR) is 155 cm³/mol. The molecule has 0 aliphatic carbocycles. The van der Waals surface area contributed by atoms with Crippen LogP contribution in [0.4, 0.5) is 10.1 Å². The SMILES string of the molecule is O=C(c1ccccc1Cl)N(CCN1CCOCC1)CC(=O)N1N=C(c2ccc([N+](=O)[O-])cc2)C[C@@H]1c1ccc(F)cc1. The minimum absolute atomic E-state index is 0.0608. The zero-order valence-corrected chi connectivity index (χ0v) is 23.5. The topological polar surface area (TPSA) is 109 Å². The second-order valence-electron chi connectivity index (χ2n) is 10.0. The monoisotopic (exact) mass is 593 g/mol. The molecule has 0 N–H and O–H groups in total. The van der Waals surface area contributed by atoms with E-state index >= 15 is 0 Å². The van der Waals surface area contributed by atoms with Crippen LogP contribution in [0.5, 0.6) is 0 Å². The Labute approximate surface area is 247 Å². The van der Waals surface area contributed by atoms with Crippen LogP contribution in [0.2, 0.25) is 5.02 Å². The molecule has 0 unspecified atom stereocenters. The quantitative estimate of drug-likeness (QED) is 0.266. The van der Waals surface area contributed by atoms with Gasteiger partial charge in [0, 0.05) is 44.7 Å². The number of benzene rings is 3. The van der Waals surface area contributed by atoms with E-state index in [4.69, 9.17) is 16.3 Å². The highest BCUT2D eigenvalue weighted by Gasteiger charge is 2.35. The third-order valence-electron chi connectivity index (χ3n) is 7.34. The summed E-state index contributed by atoms with van der Waals surface area (Å²) in [6.45, 7) is 3.22. The van der Waals surface area contributed by atoms with Crippen LogP contribution in [0, 0.1) is 15.9 Å². The van der Waals surface area contributed by atoms with Crippen LogP contribution in [0.25, 0.3) is 0 Å². The largest absolute Gasteiger partial charge is 0.379 e. The van der Waals surface area contributed by atoms with Gasteiger partial charge in [-0.1, -0.05) is 35.9 Å². The van der Waals surface area contributed by atoms with Crippen LogP contribution in [0.3, 0.4) is 0 Å². The number of hydrogen-bond donors (Lipinski definition) is 0. The number of carbonyl (C=O) groups excluding carboxylic acids is 2. The van der Waals surface area contributed by atoms with Crippen LogP contribution in [0.1, 0.15) is 33.9 Å². The molecule has 42 heavy (non-hydrogen) atoms. The van der Waals surface area contributed by atoms with Gasteiger partial charge in [0.05, 0.1) is 40.5 Å². The summed E-state index contributed by atoms with van der Waals surface area (Å²) in [5.41, 5.74) is 2.07. The van der Waals surface area contributed by atoms with Gasteiger partial charge in [-0.05, 0) is 47.5 Å². The van der Waals surface area contributed by atoms with Gasteiger partial charge in [-0.3, -0.25) is 24.6 Å². The molecule has 3 aromatic rings. The fourth-order valence-electron chi connectivity index (χ4n) is 5.01. The van der Waals surface area contributed by atoms with E-state index in [0.717, 1.165) is 13.1 Å². The molecule has 2 aliphatic rings. The van der Waals surface area contributed by atoms with E-state index in [-0.39, 0.29) is 29.7 Å². The third-order valence-corrected chi connectivity index (χ3v) is 7.67. The number of ether oxygens (including phenoxy) is 1. The number of non-ortho nitro benzene ring substituents is 1. The summed E-state index contributed by atoms with van der Waals surface area (Å²) in [7, 11) is 0. The van der Waals surface area contributed by atoms with E-state index in [1.54, 1.807) is 48.5 Å². The molecule has 12 heteroatoms. The van der Waals surface area contributed by atoms with Crippen LogP contribution in [0.15, 0.2) is 77.9 Å². The lowest BCUT2D eigenvalue weighted by Gasteiger charge is -2.31. The number of morpholine rings is 1. The summed E-state index contributed by atoms with van der Waals surface area (Å²) in [4.78, 5) is 41.8. The van der Waals surface area contributed by atoms with E-state index in [1.165, 1.54) is 34.2 Å². The molecule has 0 radical (unpaired) electrons.